The van der Waals surface area contributed by atoms with Gasteiger partial charge in [0.25, 0.3) is 0 Å². The van der Waals surface area contributed by atoms with Gasteiger partial charge in [-0.15, -0.1) is 0 Å². The smallest absolute Gasteiger partial charge is 0.193 e. The van der Waals surface area contributed by atoms with Crippen molar-refractivity contribution in [2.75, 3.05) is 20.5 Å². The molecular formula is C42H74O7Si2. The van der Waals surface area contributed by atoms with Crippen molar-refractivity contribution in [3.8, 4) is 0 Å². The molecule has 0 aromatic heterocycles. The molecule has 2 aliphatic rings. The van der Waals surface area contributed by atoms with Crippen LogP contribution in [0.2, 0.25) is 36.3 Å². The molecule has 0 saturated heterocycles. The standard InChI is InChI=1S/C42H74O7Si2/c1-32-24-26-45-37(28-32)21-22-40(49-51(13,14)42(7,8)9)39(48-50(11,12)41(4,5)6)20-16-18-36(46-31-44-10)29-33(2)27-34(3)30-38-19-15-17-35(47-38)23-25-43/h15-18,21-22,24-25,34-40H,2,19-20,23,26-31H2,1,3-14H3/b18-16+,22-21+/t34-,35-,36+,37+,38-,39-,40-/m0/s1. The van der Waals surface area contributed by atoms with E-state index in [-0.39, 0.29) is 53.5 Å². The van der Waals surface area contributed by atoms with E-state index < -0.39 is 16.6 Å². The van der Waals surface area contributed by atoms with E-state index >= 15 is 0 Å². The Bertz CT molecular complexity index is 1190. The Balaban J connectivity index is 2.29. The van der Waals surface area contributed by atoms with Gasteiger partial charge in [0, 0.05) is 13.5 Å². The number of hydrogen-bond donors (Lipinski definition) is 0. The lowest BCUT2D eigenvalue weighted by molar-refractivity contribution is -0.111. The van der Waals surface area contributed by atoms with Gasteiger partial charge in [-0.2, -0.15) is 0 Å². The lowest BCUT2D eigenvalue weighted by Gasteiger charge is -2.44. The van der Waals surface area contributed by atoms with Crippen molar-refractivity contribution in [3.63, 3.8) is 0 Å². The van der Waals surface area contributed by atoms with E-state index in [0.717, 1.165) is 37.5 Å². The van der Waals surface area contributed by atoms with E-state index in [1.807, 2.05) is 6.08 Å². The maximum absolute atomic E-state index is 11.0. The van der Waals surface area contributed by atoms with Crippen LogP contribution in [0.1, 0.15) is 100 Å². The van der Waals surface area contributed by atoms with Crippen LogP contribution in [-0.2, 0) is 32.6 Å². The molecule has 292 valence electrons. The molecule has 2 heterocycles. The van der Waals surface area contributed by atoms with Crippen molar-refractivity contribution in [2.24, 2.45) is 5.92 Å². The summed E-state index contributed by atoms with van der Waals surface area (Å²) in [6.45, 7) is 32.7. The summed E-state index contributed by atoms with van der Waals surface area (Å²) < 4.78 is 38.2. The van der Waals surface area contributed by atoms with Gasteiger partial charge in [-0.3, -0.25) is 0 Å². The van der Waals surface area contributed by atoms with E-state index in [2.05, 4.69) is 125 Å². The second kappa shape index (κ2) is 20.9. The molecule has 2 aliphatic heterocycles. The molecule has 0 unspecified atom stereocenters. The first-order valence-electron chi connectivity index (χ1n) is 19.2. The highest BCUT2D eigenvalue weighted by Crippen LogP contribution is 2.41. The van der Waals surface area contributed by atoms with Crippen LogP contribution >= 0.6 is 0 Å². The molecule has 0 amide bonds. The van der Waals surface area contributed by atoms with Gasteiger partial charge >= 0.3 is 0 Å². The van der Waals surface area contributed by atoms with E-state index in [1.165, 1.54) is 5.57 Å². The molecule has 0 fully saturated rings. The predicted molar refractivity (Wildman–Crippen MR) is 217 cm³/mol. The first-order chi connectivity index (χ1) is 23.7. The molecule has 0 saturated carbocycles. The van der Waals surface area contributed by atoms with E-state index in [0.29, 0.717) is 31.8 Å². The second-order valence-corrected chi connectivity index (χ2v) is 27.4. The molecule has 0 bridgehead atoms. The van der Waals surface area contributed by atoms with Crippen molar-refractivity contribution >= 4 is 22.9 Å². The fourth-order valence-electron chi connectivity index (χ4n) is 5.90. The number of carbonyl (C=O) groups is 1. The van der Waals surface area contributed by atoms with E-state index in [4.69, 9.17) is 27.8 Å². The van der Waals surface area contributed by atoms with Gasteiger partial charge in [-0.1, -0.05) is 109 Å². The first kappa shape index (κ1) is 45.7. The zero-order valence-corrected chi connectivity index (χ0v) is 36.6. The van der Waals surface area contributed by atoms with Gasteiger partial charge in [0.05, 0.1) is 43.2 Å². The number of rotatable bonds is 21. The number of aldehydes is 1. The summed E-state index contributed by atoms with van der Waals surface area (Å²) in [5.74, 6) is 0.396. The van der Waals surface area contributed by atoms with Crippen molar-refractivity contribution in [2.45, 2.75) is 173 Å². The third-order valence-electron chi connectivity index (χ3n) is 11.0. The van der Waals surface area contributed by atoms with Gasteiger partial charge in [0.1, 0.15) is 13.1 Å². The molecule has 2 rings (SSSR count). The maximum Gasteiger partial charge on any atom is 0.193 e. The Morgan fingerprint density at radius 3 is 2.31 bits per heavy atom. The highest BCUT2D eigenvalue weighted by Gasteiger charge is 2.44. The van der Waals surface area contributed by atoms with Gasteiger partial charge in [-0.25, -0.2) is 0 Å². The molecule has 0 aliphatic carbocycles. The summed E-state index contributed by atoms with van der Waals surface area (Å²) in [5.41, 5.74) is 2.49. The SMILES string of the molecule is C=C(C[C@H](C)C[C@@H]1CC=C[C@@H](CC=O)O1)C[C@@H](/C=C/C[C@H](O[Si](C)(C)C(C)(C)C)[C@H](/C=C/[C@@H]1CC(C)=CCO1)O[Si](C)(C)C(C)(C)C)OCOC. The van der Waals surface area contributed by atoms with Crippen LogP contribution in [0.15, 0.2) is 60.3 Å². The van der Waals surface area contributed by atoms with Gasteiger partial charge in [0.2, 0.25) is 0 Å². The van der Waals surface area contributed by atoms with Crippen molar-refractivity contribution in [1.29, 1.82) is 0 Å². The fraction of sp³-hybridized carbons (Fsp3) is 0.738. The highest BCUT2D eigenvalue weighted by molar-refractivity contribution is 6.74. The molecule has 0 N–H and O–H groups in total. The van der Waals surface area contributed by atoms with Crippen LogP contribution in [0.5, 0.6) is 0 Å². The Hall–Kier alpha value is -1.44. The van der Waals surface area contributed by atoms with Crippen molar-refractivity contribution in [1.82, 2.24) is 0 Å². The molecule has 0 aromatic carbocycles. The average molecular weight is 747 g/mol. The summed E-state index contributed by atoms with van der Waals surface area (Å²) in [5, 5.41) is 0.0895. The second-order valence-electron chi connectivity index (χ2n) is 17.9. The lowest BCUT2D eigenvalue weighted by Crippen LogP contribution is -2.51. The Kier molecular flexibility index (Phi) is 18.7. The van der Waals surface area contributed by atoms with Crippen LogP contribution < -0.4 is 0 Å². The third-order valence-corrected chi connectivity index (χ3v) is 20.0. The van der Waals surface area contributed by atoms with Gasteiger partial charge < -0.3 is 32.6 Å². The zero-order chi connectivity index (χ0) is 38.5. The summed E-state index contributed by atoms with van der Waals surface area (Å²) in [6, 6.07) is 0. The molecule has 7 nitrogen and oxygen atoms in total. The van der Waals surface area contributed by atoms with Gasteiger partial charge in [-0.05, 0) is 87.6 Å². The molecule has 0 aromatic rings. The van der Waals surface area contributed by atoms with Crippen LogP contribution in [-0.4, -0.2) is 80.1 Å². The normalized spacial score (nSPS) is 23.3. The van der Waals surface area contributed by atoms with Crippen molar-refractivity contribution < 1.29 is 32.6 Å². The number of methoxy groups -OCH3 is 1. The summed E-state index contributed by atoms with van der Waals surface area (Å²) in [6.07, 6.45) is 20.9. The summed E-state index contributed by atoms with van der Waals surface area (Å²) in [4.78, 5) is 11.0. The molecular weight excluding hydrogens is 673 g/mol. The molecule has 9 heteroatoms. The fourth-order valence-corrected chi connectivity index (χ4v) is 8.50. The Morgan fingerprint density at radius 2 is 1.71 bits per heavy atom. The quantitative estimate of drug-likeness (QED) is 0.0501. The minimum atomic E-state index is -2.17. The predicted octanol–water partition coefficient (Wildman–Crippen LogP) is 10.7. The molecule has 0 spiro atoms. The third kappa shape index (κ3) is 16.2. The van der Waals surface area contributed by atoms with Crippen LogP contribution in [0.4, 0.5) is 0 Å². The lowest BCUT2D eigenvalue weighted by atomic mass is 9.91. The summed E-state index contributed by atoms with van der Waals surface area (Å²) >= 11 is 0. The molecule has 7 atom stereocenters. The molecule has 0 radical (unpaired) electrons. The topological polar surface area (TPSA) is 72.5 Å². The van der Waals surface area contributed by atoms with E-state index in [9.17, 15) is 4.79 Å². The zero-order valence-electron chi connectivity index (χ0n) is 34.6. The summed E-state index contributed by atoms with van der Waals surface area (Å²) in [7, 11) is -2.69. The van der Waals surface area contributed by atoms with Gasteiger partial charge in [0.15, 0.2) is 16.6 Å². The number of ether oxygens (including phenoxy) is 4. The van der Waals surface area contributed by atoms with E-state index in [1.54, 1.807) is 7.11 Å². The highest BCUT2D eigenvalue weighted by atomic mass is 28.4. The first-order valence-corrected chi connectivity index (χ1v) is 25.0. The van der Waals surface area contributed by atoms with Crippen LogP contribution in [0, 0.1) is 5.92 Å². The monoisotopic (exact) mass is 746 g/mol. The average Bonchev–Trinajstić information content (AvgIpc) is 3.00. The largest absolute Gasteiger partial charge is 0.411 e. The Morgan fingerprint density at radius 1 is 1.04 bits per heavy atom. The van der Waals surface area contributed by atoms with Crippen molar-refractivity contribution in [3.05, 3.63) is 60.3 Å². The maximum atomic E-state index is 11.0. The minimum absolute atomic E-state index is 0.0312. The number of carbonyl (C=O) groups excluding carboxylic acids is 1. The van der Waals surface area contributed by atoms with Crippen LogP contribution in [0.25, 0.3) is 0 Å². The minimum Gasteiger partial charge on any atom is -0.411 e. The molecule has 51 heavy (non-hydrogen) atoms. The Labute approximate surface area is 314 Å². The number of hydrogen-bond acceptors (Lipinski definition) is 7. The van der Waals surface area contributed by atoms with Crippen LogP contribution in [0.3, 0.4) is 0 Å².